The van der Waals surface area contributed by atoms with E-state index in [1.54, 1.807) is 12.3 Å². The molecule has 0 bridgehead atoms. The number of piperazine rings is 1. The van der Waals surface area contributed by atoms with E-state index in [-0.39, 0.29) is 17.5 Å². The number of nitrogens with zero attached hydrogens (tertiary/aromatic N) is 4. The normalized spacial score (nSPS) is 29.0. The molecule has 0 amide bonds. The van der Waals surface area contributed by atoms with E-state index >= 15 is 0 Å². The van der Waals surface area contributed by atoms with E-state index in [0.717, 1.165) is 26.2 Å². The van der Waals surface area contributed by atoms with Gasteiger partial charge >= 0.3 is 0 Å². The van der Waals surface area contributed by atoms with Gasteiger partial charge in [0, 0.05) is 51.7 Å². The number of sulfonamides is 1. The predicted molar refractivity (Wildman–Crippen MR) is 81.9 cm³/mol. The lowest BCUT2D eigenvalue weighted by Gasteiger charge is -2.37. The molecule has 0 unspecified atom stereocenters. The molecule has 2 atom stereocenters. The Kier molecular flexibility index (Phi) is 4.47. The Balaban J connectivity index is 1.73. The number of hydrogen-bond acceptors (Lipinski definition) is 6. The lowest BCUT2D eigenvalue weighted by atomic mass is 10.1. The SMILES string of the molecule is CN1CCN([C@H]2CN(S(=O)(=O)c3cccnc3)C[C@@H]2O)CC1. The van der Waals surface area contributed by atoms with E-state index in [1.807, 2.05) is 0 Å². The van der Waals surface area contributed by atoms with Crippen LogP contribution in [0.3, 0.4) is 0 Å². The Bertz CT molecular complexity index is 602. The number of β-amino-alcohol motifs (C(OH)–C–C–N with tert-alkyl or cyclic N) is 1. The van der Waals surface area contributed by atoms with E-state index in [2.05, 4.69) is 21.8 Å². The van der Waals surface area contributed by atoms with Crippen LogP contribution in [0.1, 0.15) is 0 Å². The summed E-state index contributed by atoms with van der Waals surface area (Å²) in [4.78, 5) is 8.49. The molecule has 1 aromatic heterocycles. The molecule has 2 saturated heterocycles. The van der Waals surface area contributed by atoms with Crippen molar-refractivity contribution >= 4 is 10.0 Å². The van der Waals surface area contributed by atoms with Crippen molar-refractivity contribution in [2.75, 3.05) is 46.3 Å². The summed E-state index contributed by atoms with van der Waals surface area (Å²) in [7, 11) is -1.51. The van der Waals surface area contributed by atoms with Crippen molar-refractivity contribution in [3.8, 4) is 0 Å². The van der Waals surface area contributed by atoms with Gasteiger partial charge in [0.2, 0.25) is 10.0 Å². The third kappa shape index (κ3) is 3.02. The highest BCUT2D eigenvalue weighted by atomic mass is 32.2. The molecular weight excluding hydrogens is 304 g/mol. The number of aliphatic hydroxyl groups excluding tert-OH is 1. The molecule has 1 aromatic rings. The first-order valence-corrected chi connectivity index (χ1v) is 8.93. The van der Waals surface area contributed by atoms with Crippen molar-refractivity contribution < 1.29 is 13.5 Å². The zero-order chi connectivity index (χ0) is 15.7. The standard InChI is InChI=1S/C14H22N4O3S/c1-16-5-7-17(8-6-16)13-10-18(11-14(13)19)22(20,21)12-3-2-4-15-9-12/h2-4,9,13-14,19H,5-8,10-11H2,1H3/t13-,14-/m0/s1. The number of rotatable bonds is 3. The Morgan fingerprint density at radius 3 is 2.59 bits per heavy atom. The van der Waals surface area contributed by atoms with Crippen LogP contribution in [0.25, 0.3) is 0 Å². The van der Waals surface area contributed by atoms with Crippen LogP contribution in [0.2, 0.25) is 0 Å². The van der Waals surface area contributed by atoms with Gasteiger partial charge in [0.25, 0.3) is 0 Å². The minimum atomic E-state index is -3.58. The van der Waals surface area contributed by atoms with Crippen molar-refractivity contribution in [1.82, 2.24) is 19.1 Å². The summed E-state index contributed by atoms with van der Waals surface area (Å²) in [5.74, 6) is 0. The number of hydrogen-bond donors (Lipinski definition) is 1. The van der Waals surface area contributed by atoms with E-state index in [1.165, 1.54) is 16.6 Å². The average molecular weight is 326 g/mol. The number of aromatic nitrogens is 1. The van der Waals surface area contributed by atoms with E-state index in [9.17, 15) is 13.5 Å². The first-order valence-electron chi connectivity index (χ1n) is 7.49. The van der Waals surface area contributed by atoms with Gasteiger partial charge in [-0.15, -0.1) is 0 Å². The molecule has 7 nitrogen and oxygen atoms in total. The van der Waals surface area contributed by atoms with Crippen LogP contribution in [-0.2, 0) is 10.0 Å². The molecule has 1 N–H and O–H groups in total. The molecule has 3 heterocycles. The average Bonchev–Trinajstić information content (AvgIpc) is 2.92. The minimum absolute atomic E-state index is 0.125. The van der Waals surface area contributed by atoms with Gasteiger partial charge in [-0.05, 0) is 19.2 Å². The molecule has 2 fully saturated rings. The van der Waals surface area contributed by atoms with Gasteiger partial charge in [0.15, 0.2) is 0 Å². The highest BCUT2D eigenvalue weighted by Crippen LogP contribution is 2.24. The Hall–Kier alpha value is -1.06. The fourth-order valence-electron chi connectivity index (χ4n) is 3.09. The Labute approximate surface area is 131 Å². The van der Waals surface area contributed by atoms with Crippen LogP contribution in [-0.4, -0.2) is 91.1 Å². The molecule has 3 rings (SSSR count). The van der Waals surface area contributed by atoms with E-state index in [0.29, 0.717) is 6.54 Å². The minimum Gasteiger partial charge on any atom is -0.390 e. The molecule has 122 valence electrons. The van der Waals surface area contributed by atoms with E-state index in [4.69, 9.17) is 0 Å². The molecule has 2 aliphatic heterocycles. The van der Waals surface area contributed by atoms with Gasteiger partial charge in [-0.25, -0.2) is 8.42 Å². The Morgan fingerprint density at radius 2 is 1.95 bits per heavy atom. The maximum Gasteiger partial charge on any atom is 0.244 e. The monoisotopic (exact) mass is 326 g/mol. The third-order valence-electron chi connectivity index (χ3n) is 4.50. The van der Waals surface area contributed by atoms with Crippen molar-refractivity contribution in [3.05, 3.63) is 24.5 Å². The summed E-state index contributed by atoms with van der Waals surface area (Å²) in [6.07, 6.45) is 2.25. The van der Waals surface area contributed by atoms with Gasteiger partial charge in [-0.1, -0.05) is 0 Å². The number of likely N-dealkylation sites (N-methyl/N-ethyl adjacent to an activating group) is 1. The fraction of sp³-hybridized carbons (Fsp3) is 0.643. The molecule has 0 saturated carbocycles. The largest absolute Gasteiger partial charge is 0.390 e. The van der Waals surface area contributed by atoms with Crippen molar-refractivity contribution in [3.63, 3.8) is 0 Å². The molecule has 0 aromatic carbocycles. The smallest absolute Gasteiger partial charge is 0.244 e. The number of aliphatic hydroxyl groups is 1. The highest BCUT2D eigenvalue weighted by molar-refractivity contribution is 7.89. The Morgan fingerprint density at radius 1 is 1.23 bits per heavy atom. The zero-order valence-corrected chi connectivity index (χ0v) is 13.5. The molecule has 22 heavy (non-hydrogen) atoms. The van der Waals surface area contributed by atoms with Crippen LogP contribution in [0, 0.1) is 0 Å². The lowest BCUT2D eigenvalue weighted by Crippen LogP contribution is -2.52. The van der Waals surface area contributed by atoms with Gasteiger partial charge < -0.3 is 10.0 Å². The molecular formula is C14H22N4O3S. The summed E-state index contributed by atoms with van der Waals surface area (Å²) >= 11 is 0. The van der Waals surface area contributed by atoms with Crippen LogP contribution < -0.4 is 0 Å². The summed E-state index contributed by atoms with van der Waals surface area (Å²) in [5.41, 5.74) is 0. The molecule has 0 spiro atoms. The summed E-state index contributed by atoms with van der Waals surface area (Å²) in [6, 6.07) is 3.02. The summed E-state index contributed by atoms with van der Waals surface area (Å²) < 4.78 is 26.6. The lowest BCUT2D eigenvalue weighted by molar-refractivity contribution is 0.0512. The van der Waals surface area contributed by atoms with Crippen LogP contribution in [0.15, 0.2) is 29.4 Å². The molecule has 0 aliphatic carbocycles. The van der Waals surface area contributed by atoms with Crippen molar-refractivity contribution in [2.45, 2.75) is 17.0 Å². The van der Waals surface area contributed by atoms with Crippen LogP contribution >= 0.6 is 0 Å². The molecule has 0 radical (unpaired) electrons. The molecule has 8 heteroatoms. The predicted octanol–water partition coefficient (Wildman–Crippen LogP) is -0.937. The quantitative estimate of drug-likeness (QED) is 0.773. The maximum absolute atomic E-state index is 12.6. The van der Waals surface area contributed by atoms with E-state index < -0.39 is 16.1 Å². The van der Waals surface area contributed by atoms with Crippen molar-refractivity contribution in [2.24, 2.45) is 0 Å². The van der Waals surface area contributed by atoms with Gasteiger partial charge in [-0.3, -0.25) is 9.88 Å². The topological polar surface area (TPSA) is 77.0 Å². The number of pyridine rings is 1. The van der Waals surface area contributed by atoms with Gasteiger partial charge in [0.1, 0.15) is 4.90 Å². The zero-order valence-electron chi connectivity index (χ0n) is 12.7. The second-order valence-electron chi connectivity index (χ2n) is 5.98. The first-order chi connectivity index (χ1) is 10.5. The van der Waals surface area contributed by atoms with Gasteiger partial charge in [0.05, 0.1) is 12.1 Å². The van der Waals surface area contributed by atoms with Crippen LogP contribution in [0.4, 0.5) is 0 Å². The third-order valence-corrected chi connectivity index (χ3v) is 6.32. The molecule has 2 aliphatic rings. The van der Waals surface area contributed by atoms with Crippen molar-refractivity contribution in [1.29, 1.82) is 0 Å². The maximum atomic E-state index is 12.6. The van der Waals surface area contributed by atoms with Crippen LogP contribution in [0.5, 0.6) is 0 Å². The summed E-state index contributed by atoms with van der Waals surface area (Å²) in [6.45, 7) is 4.09. The fourth-order valence-corrected chi connectivity index (χ4v) is 4.53. The second-order valence-corrected chi connectivity index (χ2v) is 7.92. The summed E-state index contributed by atoms with van der Waals surface area (Å²) in [5, 5.41) is 10.3. The highest BCUT2D eigenvalue weighted by Gasteiger charge is 2.41. The second kappa shape index (κ2) is 6.21. The van der Waals surface area contributed by atoms with Gasteiger partial charge in [-0.2, -0.15) is 4.31 Å². The first kappa shape index (κ1) is 15.8.